The average Bonchev–Trinajstić information content (AvgIpc) is 3.14. The molecule has 2 aromatic rings. The van der Waals surface area contributed by atoms with Gasteiger partial charge in [-0.2, -0.15) is 4.98 Å². The number of methoxy groups -OCH3 is 1. The number of rotatable bonds is 4. The summed E-state index contributed by atoms with van der Waals surface area (Å²) in [4.78, 5) is 16.3. The van der Waals surface area contributed by atoms with Crippen molar-refractivity contribution in [2.24, 2.45) is 0 Å². The van der Waals surface area contributed by atoms with Gasteiger partial charge in [0.15, 0.2) is 5.82 Å². The zero-order valence-electron chi connectivity index (χ0n) is 15.8. The highest BCUT2D eigenvalue weighted by Crippen LogP contribution is 2.46. The summed E-state index contributed by atoms with van der Waals surface area (Å²) in [6.07, 6.45) is -0.232. The van der Waals surface area contributed by atoms with Crippen LogP contribution in [0.1, 0.15) is 44.0 Å². The van der Waals surface area contributed by atoms with Crippen LogP contribution in [-0.4, -0.2) is 23.4 Å². The lowest BCUT2D eigenvalue weighted by molar-refractivity contribution is 0.0928. The number of halogens is 2. The molecule has 3 rings (SSSR count). The summed E-state index contributed by atoms with van der Waals surface area (Å²) in [6.45, 7) is 5.58. The average molecular weight is 424 g/mol. The third kappa shape index (κ3) is 3.72. The first-order chi connectivity index (χ1) is 13.4. The first kappa shape index (κ1) is 20.2. The van der Waals surface area contributed by atoms with Crippen LogP contribution in [0.15, 0.2) is 39.9 Å². The maximum atomic E-state index is 11.9. The molecule has 9 heteroatoms. The Morgan fingerprint density at radius 1 is 1.29 bits per heavy atom. The minimum absolute atomic E-state index is 0.307. The van der Waals surface area contributed by atoms with Crippen molar-refractivity contribution in [1.82, 2.24) is 15.5 Å². The van der Waals surface area contributed by atoms with Gasteiger partial charge in [-0.25, -0.2) is 4.79 Å². The SMILES string of the molecule is CCc1noc(C2=C(C)NC(C)=C(OC(=O)OC)C2c2cccc(Cl)c2Cl)n1. The molecule has 1 aromatic heterocycles. The monoisotopic (exact) mass is 423 g/mol. The quantitative estimate of drug-likeness (QED) is 0.686. The highest BCUT2D eigenvalue weighted by Gasteiger charge is 2.37. The lowest BCUT2D eigenvalue weighted by Gasteiger charge is -2.30. The molecular weight excluding hydrogens is 405 g/mol. The molecule has 1 aromatic carbocycles. The van der Waals surface area contributed by atoms with E-state index in [0.29, 0.717) is 50.8 Å². The number of hydrogen-bond donors (Lipinski definition) is 1. The summed E-state index contributed by atoms with van der Waals surface area (Å²) in [5.74, 6) is 0.582. The molecule has 0 fully saturated rings. The molecule has 28 heavy (non-hydrogen) atoms. The van der Waals surface area contributed by atoms with Gasteiger partial charge in [-0.15, -0.1) is 0 Å². The van der Waals surface area contributed by atoms with Gasteiger partial charge in [0, 0.05) is 12.1 Å². The number of aryl methyl sites for hydroxylation is 1. The number of ether oxygens (including phenoxy) is 2. The van der Waals surface area contributed by atoms with Gasteiger partial charge in [0.1, 0.15) is 5.76 Å². The zero-order valence-corrected chi connectivity index (χ0v) is 17.3. The Morgan fingerprint density at radius 2 is 2.04 bits per heavy atom. The molecule has 1 atom stereocenters. The number of dihydropyridines is 1. The van der Waals surface area contributed by atoms with Crippen LogP contribution in [0.3, 0.4) is 0 Å². The standard InChI is InChI=1S/C19H19Cl2N3O4/c1-5-13-23-18(28-24-13)14-9(2)22-10(3)17(27-19(25)26-4)15(14)11-7-6-8-12(20)16(11)21/h6-8,15,22H,5H2,1-4H3. The van der Waals surface area contributed by atoms with Crippen LogP contribution >= 0.6 is 23.2 Å². The van der Waals surface area contributed by atoms with Gasteiger partial charge in [0.05, 0.1) is 34.3 Å². The van der Waals surface area contributed by atoms with E-state index < -0.39 is 12.1 Å². The number of aromatic nitrogens is 2. The van der Waals surface area contributed by atoms with Gasteiger partial charge in [-0.3, -0.25) is 0 Å². The van der Waals surface area contributed by atoms with Crippen LogP contribution in [-0.2, 0) is 15.9 Å². The number of benzene rings is 1. The third-order valence-corrected chi connectivity index (χ3v) is 5.20. The van der Waals surface area contributed by atoms with Gasteiger partial charge < -0.3 is 19.3 Å². The molecule has 1 aliphatic rings. The van der Waals surface area contributed by atoms with Crippen molar-refractivity contribution in [3.05, 3.63) is 62.7 Å². The number of hydrogen-bond acceptors (Lipinski definition) is 7. The van der Waals surface area contributed by atoms with Crippen LogP contribution < -0.4 is 5.32 Å². The Bertz CT molecular complexity index is 981. The minimum atomic E-state index is -0.849. The summed E-state index contributed by atoms with van der Waals surface area (Å²) < 4.78 is 15.6. The van der Waals surface area contributed by atoms with E-state index in [9.17, 15) is 4.79 Å². The van der Waals surface area contributed by atoms with Crippen LogP contribution in [0.4, 0.5) is 4.79 Å². The highest BCUT2D eigenvalue weighted by atomic mass is 35.5. The van der Waals surface area contributed by atoms with Gasteiger partial charge in [-0.05, 0) is 25.5 Å². The van der Waals surface area contributed by atoms with Crippen molar-refractivity contribution in [2.45, 2.75) is 33.1 Å². The molecule has 0 aliphatic carbocycles. The van der Waals surface area contributed by atoms with E-state index in [1.807, 2.05) is 19.9 Å². The lowest BCUT2D eigenvalue weighted by atomic mass is 9.85. The summed E-state index contributed by atoms with van der Waals surface area (Å²) >= 11 is 12.8. The number of allylic oxidation sites excluding steroid dienone is 3. The maximum Gasteiger partial charge on any atom is 0.513 e. The molecule has 1 aliphatic heterocycles. The maximum absolute atomic E-state index is 11.9. The van der Waals surface area contributed by atoms with Crippen LogP contribution in [0.2, 0.25) is 10.0 Å². The van der Waals surface area contributed by atoms with Crippen molar-refractivity contribution in [3.63, 3.8) is 0 Å². The second kappa shape index (κ2) is 8.24. The first-order valence-corrected chi connectivity index (χ1v) is 9.34. The molecule has 148 valence electrons. The minimum Gasteiger partial charge on any atom is -0.437 e. The van der Waals surface area contributed by atoms with Crippen LogP contribution in [0, 0.1) is 0 Å². The van der Waals surface area contributed by atoms with E-state index in [2.05, 4.69) is 20.2 Å². The van der Waals surface area contributed by atoms with Gasteiger partial charge in [0.25, 0.3) is 5.89 Å². The summed E-state index contributed by atoms with van der Waals surface area (Å²) in [7, 11) is 1.24. The molecule has 1 unspecified atom stereocenters. The Hall–Kier alpha value is -2.51. The van der Waals surface area contributed by atoms with Crippen molar-refractivity contribution < 1.29 is 18.8 Å². The normalized spacial score (nSPS) is 16.9. The summed E-state index contributed by atoms with van der Waals surface area (Å²) in [6, 6.07) is 5.27. The summed E-state index contributed by atoms with van der Waals surface area (Å²) in [5.41, 5.74) is 2.67. The fourth-order valence-electron chi connectivity index (χ4n) is 3.07. The van der Waals surface area contributed by atoms with Crippen molar-refractivity contribution in [2.75, 3.05) is 7.11 Å². The number of nitrogens with zero attached hydrogens (tertiary/aromatic N) is 2. The molecular formula is C19H19Cl2N3O4. The van der Waals surface area contributed by atoms with Gasteiger partial charge in [0.2, 0.25) is 0 Å². The first-order valence-electron chi connectivity index (χ1n) is 8.58. The van der Waals surface area contributed by atoms with Gasteiger partial charge >= 0.3 is 6.16 Å². The van der Waals surface area contributed by atoms with Crippen molar-refractivity contribution in [3.8, 4) is 0 Å². The van der Waals surface area contributed by atoms with Crippen LogP contribution in [0.5, 0.6) is 0 Å². The Balaban J connectivity index is 2.22. The van der Waals surface area contributed by atoms with E-state index in [4.69, 9.17) is 32.5 Å². The van der Waals surface area contributed by atoms with Crippen LogP contribution in [0.25, 0.3) is 5.57 Å². The predicted molar refractivity (Wildman–Crippen MR) is 105 cm³/mol. The fourth-order valence-corrected chi connectivity index (χ4v) is 3.49. The second-order valence-electron chi connectivity index (χ2n) is 6.15. The van der Waals surface area contributed by atoms with Crippen molar-refractivity contribution >= 4 is 34.9 Å². The van der Waals surface area contributed by atoms with E-state index >= 15 is 0 Å². The largest absolute Gasteiger partial charge is 0.513 e. The molecule has 0 radical (unpaired) electrons. The number of nitrogens with one attached hydrogen (secondary N) is 1. The third-order valence-electron chi connectivity index (χ3n) is 4.37. The molecule has 0 saturated carbocycles. The summed E-state index contributed by atoms with van der Waals surface area (Å²) in [5, 5.41) is 7.89. The second-order valence-corrected chi connectivity index (χ2v) is 6.94. The predicted octanol–water partition coefficient (Wildman–Crippen LogP) is 5.07. The number of carbonyl (C=O) groups excluding carboxylic acids is 1. The van der Waals surface area contributed by atoms with Crippen molar-refractivity contribution in [1.29, 1.82) is 0 Å². The molecule has 1 N–H and O–H groups in total. The zero-order chi connectivity index (χ0) is 20.4. The molecule has 0 saturated heterocycles. The molecule has 0 spiro atoms. The Kier molecular flexibility index (Phi) is 5.96. The molecule has 2 heterocycles. The molecule has 0 amide bonds. The molecule has 7 nitrogen and oxygen atoms in total. The van der Waals surface area contributed by atoms with E-state index in [-0.39, 0.29) is 0 Å². The Labute approximate surface area is 172 Å². The number of carbonyl (C=O) groups is 1. The topological polar surface area (TPSA) is 86.5 Å². The Morgan fingerprint density at radius 3 is 2.68 bits per heavy atom. The molecule has 0 bridgehead atoms. The van der Waals surface area contributed by atoms with E-state index in [1.165, 1.54) is 7.11 Å². The highest BCUT2D eigenvalue weighted by molar-refractivity contribution is 6.42. The van der Waals surface area contributed by atoms with Gasteiger partial charge in [-0.1, -0.05) is 47.4 Å². The smallest absolute Gasteiger partial charge is 0.437 e. The van der Waals surface area contributed by atoms with E-state index in [0.717, 1.165) is 5.70 Å². The fraction of sp³-hybridized carbons (Fsp3) is 0.316. The lowest BCUT2D eigenvalue weighted by Crippen LogP contribution is -2.26. The van der Waals surface area contributed by atoms with E-state index in [1.54, 1.807) is 19.1 Å².